The lowest BCUT2D eigenvalue weighted by atomic mass is 9.92. The highest BCUT2D eigenvalue weighted by Crippen LogP contribution is 2.24. The van der Waals surface area contributed by atoms with Gasteiger partial charge in [0.25, 0.3) is 0 Å². The molecule has 1 aliphatic rings. The monoisotopic (exact) mass is 245 g/mol. The molecule has 0 bridgehead atoms. The van der Waals surface area contributed by atoms with E-state index in [2.05, 4.69) is 4.72 Å². The Hall–Kier alpha value is -0.640. The molecular weight excluding hydrogens is 226 g/mol. The molecule has 5 nitrogen and oxygen atoms in total. The second-order valence-electron chi connectivity index (χ2n) is 4.51. The number of nitrogens with two attached hydrogens (primary N) is 1. The van der Waals surface area contributed by atoms with Crippen molar-refractivity contribution in [3.63, 3.8) is 0 Å². The maximum absolute atomic E-state index is 11.3. The first-order valence-electron chi connectivity index (χ1n) is 5.61. The summed E-state index contributed by atoms with van der Waals surface area (Å²) < 4.78 is 25.0. The summed E-state index contributed by atoms with van der Waals surface area (Å²) in [4.78, 5) is 0. The fraction of sp³-hybridized carbons (Fsp3) is 0.900. The van der Waals surface area contributed by atoms with Crippen molar-refractivity contribution in [3.05, 3.63) is 0 Å². The fourth-order valence-electron chi connectivity index (χ4n) is 2.00. The Morgan fingerprint density at radius 3 is 2.31 bits per heavy atom. The van der Waals surface area contributed by atoms with Crippen LogP contribution in [0.5, 0.6) is 0 Å². The number of nitrogens with one attached hydrogen (secondary N) is 1. The van der Waals surface area contributed by atoms with E-state index in [-0.39, 0.29) is 6.54 Å². The Bertz CT molecular complexity index is 351. The molecule has 6 heteroatoms. The summed E-state index contributed by atoms with van der Waals surface area (Å²) in [5.74, 6) is -0.497. The first kappa shape index (κ1) is 13.4. The van der Waals surface area contributed by atoms with E-state index in [4.69, 9.17) is 11.0 Å². The van der Waals surface area contributed by atoms with Gasteiger partial charge < -0.3 is 5.73 Å². The molecule has 1 fully saturated rings. The quantitative estimate of drug-likeness (QED) is 0.704. The van der Waals surface area contributed by atoms with Gasteiger partial charge in [-0.25, -0.2) is 13.1 Å². The van der Waals surface area contributed by atoms with Gasteiger partial charge >= 0.3 is 0 Å². The largest absolute Gasteiger partial charge is 0.324 e. The lowest BCUT2D eigenvalue weighted by Gasteiger charge is -2.27. The highest BCUT2D eigenvalue weighted by molar-refractivity contribution is 7.89. The smallest absolute Gasteiger partial charge is 0.225 e. The van der Waals surface area contributed by atoms with E-state index in [1.165, 1.54) is 12.8 Å². The normalized spacial score (nSPS) is 21.0. The van der Waals surface area contributed by atoms with Gasteiger partial charge in [0.1, 0.15) is 0 Å². The van der Waals surface area contributed by atoms with Gasteiger partial charge in [-0.05, 0) is 12.8 Å². The second-order valence-corrected chi connectivity index (χ2v) is 6.32. The van der Waals surface area contributed by atoms with Crippen molar-refractivity contribution in [2.45, 2.75) is 44.1 Å². The topological polar surface area (TPSA) is 96.0 Å². The number of nitrogens with zero attached hydrogens (tertiary/aromatic N) is 1. The zero-order chi connectivity index (χ0) is 12.1. The molecule has 1 saturated carbocycles. The molecule has 1 aliphatic carbocycles. The molecule has 16 heavy (non-hydrogen) atoms. The summed E-state index contributed by atoms with van der Waals surface area (Å²) in [6.45, 7) is 0.247. The van der Waals surface area contributed by atoms with Gasteiger partial charge in [-0.1, -0.05) is 25.7 Å². The summed E-state index contributed by atoms with van der Waals surface area (Å²) in [5.41, 5.74) is 5.72. The van der Waals surface area contributed by atoms with Crippen LogP contribution in [-0.2, 0) is 10.0 Å². The molecule has 0 saturated heterocycles. The van der Waals surface area contributed by atoms with Gasteiger partial charge in [-0.3, -0.25) is 0 Å². The van der Waals surface area contributed by atoms with Gasteiger partial charge in [0.05, 0.1) is 6.07 Å². The molecule has 0 aromatic rings. The third-order valence-electron chi connectivity index (χ3n) is 3.00. The predicted octanol–water partition coefficient (Wildman–Crippen LogP) is 0.481. The predicted molar refractivity (Wildman–Crippen MR) is 62.0 cm³/mol. The van der Waals surface area contributed by atoms with Crippen molar-refractivity contribution >= 4 is 10.0 Å². The number of hydrogen-bond donors (Lipinski definition) is 2. The molecule has 0 aliphatic heterocycles. The van der Waals surface area contributed by atoms with Crippen LogP contribution < -0.4 is 10.5 Å². The summed E-state index contributed by atoms with van der Waals surface area (Å²) in [6, 6.07) is 1.63. The van der Waals surface area contributed by atoms with Crippen LogP contribution in [0.15, 0.2) is 0 Å². The highest BCUT2D eigenvalue weighted by atomic mass is 32.2. The van der Waals surface area contributed by atoms with Crippen LogP contribution in [0.4, 0.5) is 0 Å². The standard InChI is InChI=1S/C10H19N3O2S/c11-7-8-16(14,15)13-9-10(12)5-3-1-2-4-6-10/h13H,1-6,8-9,12H2. The molecule has 3 N–H and O–H groups in total. The van der Waals surface area contributed by atoms with Crippen LogP contribution in [0.2, 0.25) is 0 Å². The van der Waals surface area contributed by atoms with Crippen LogP contribution >= 0.6 is 0 Å². The van der Waals surface area contributed by atoms with Crippen molar-refractivity contribution in [3.8, 4) is 6.07 Å². The molecule has 1 rings (SSSR count). The second kappa shape index (κ2) is 5.62. The Kier molecular flexibility index (Phi) is 4.71. The van der Waals surface area contributed by atoms with Crippen molar-refractivity contribution in [2.24, 2.45) is 5.73 Å². The average Bonchev–Trinajstić information content (AvgIpc) is 2.41. The van der Waals surface area contributed by atoms with Crippen molar-refractivity contribution in [1.29, 1.82) is 5.26 Å². The van der Waals surface area contributed by atoms with E-state index in [0.717, 1.165) is 25.7 Å². The average molecular weight is 245 g/mol. The number of sulfonamides is 1. The number of nitriles is 1. The SMILES string of the molecule is N#CCS(=O)(=O)NCC1(N)CCCCCC1. The summed E-state index contributed by atoms with van der Waals surface area (Å²) >= 11 is 0. The minimum absolute atomic E-state index is 0.247. The van der Waals surface area contributed by atoms with E-state index < -0.39 is 21.3 Å². The minimum atomic E-state index is -3.47. The zero-order valence-electron chi connectivity index (χ0n) is 9.41. The molecule has 0 unspecified atom stereocenters. The molecule has 0 amide bonds. The molecule has 0 spiro atoms. The van der Waals surface area contributed by atoms with Crippen LogP contribution in [0.3, 0.4) is 0 Å². The summed E-state index contributed by atoms with van der Waals surface area (Å²) in [6.07, 6.45) is 6.14. The highest BCUT2D eigenvalue weighted by Gasteiger charge is 2.27. The van der Waals surface area contributed by atoms with Crippen LogP contribution in [0.1, 0.15) is 38.5 Å². The van der Waals surface area contributed by atoms with E-state index in [0.29, 0.717) is 0 Å². The molecule has 0 atom stereocenters. The Morgan fingerprint density at radius 1 is 1.25 bits per heavy atom. The maximum Gasteiger partial charge on any atom is 0.225 e. The maximum atomic E-state index is 11.3. The number of rotatable bonds is 4. The van der Waals surface area contributed by atoms with Gasteiger partial charge in [0.15, 0.2) is 5.75 Å². The summed E-state index contributed by atoms with van der Waals surface area (Å²) in [7, 11) is -3.47. The number of hydrogen-bond acceptors (Lipinski definition) is 4. The molecule has 92 valence electrons. The molecule has 0 aromatic carbocycles. The van der Waals surface area contributed by atoms with Crippen LogP contribution in [0, 0.1) is 11.3 Å². The van der Waals surface area contributed by atoms with E-state index in [1.807, 2.05) is 0 Å². The van der Waals surface area contributed by atoms with E-state index in [9.17, 15) is 8.42 Å². The van der Waals surface area contributed by atoms with Gasteiger partial charge in [0.2, 0.25) is 10.0 Å². The first-order chi connectivity index (χ1) is 7.47. The van der Waals surface area contributed by atoms with Gasteiger partial charge in [0, 0.05) is 12.1 Å². The Labute approximate surface area is 97.1 Å². The third kappa shape index (κ3) is 4.47. The first-order valence-corrected chi connectivity index (χ1v) is 7.26. The molecule has 0 aromatic heterocycles. The van der Waals surface area contributed by atoms with Crippen molar-refractivity contribution < 1.29 is 8.42 Å². The van der Waals surface area contributed by atoms with Crippen LogP contribution in [0.25, 0.3) is 0 Å². The third-order valence-corrected chi connectivity index (χ3v) is 4.09. The molecule has 0 radical (unpaired) electrons. The lowest BCUT2D eigenvalue weighted by Crippen LogP contribution is -2.50. The minimum Gasteiger partial charge on any atom is -0.324 e. The van der Waals surface area contributed by atoms with Crippen molar-refractivity contribution in [2.75, 3.05) is 12.3 Å². The fourth-order valence-corrected chi connectivity index (χ4v) is 2.78. The molecule has 0 heterocycles. The lowest BCUT2D eigenvalue weighted by molar-refractivity contribution is 0.369. The Morgan fingerprint density at radius 2 is 1.81 bits per heavy atom. The Balaban J connectivity index is 2.50. The molecular formula is C10H19N3O2S. The van der Waals surface area contributed by atoms with Crippen molar-refractivity contribution in [1.82, 2.24) is 4.72 Å². The van der Waals surface area contributed by atoms with Gasteiger partial charge in [-0.15, -0.1) is 0 Å². The van der Waals surface area contributed by atoms with Gasteiger partial charge in [-0.2, -0.15) is 5.26 Å². The van der Waals surface area contributed by atoms with E-state index in [1.54, 1.807) is 6.07 Å². The zero-order valence-corrected chi connectivity index (χ0v) is 10.2. The van der Waals surface area contributed by atoms with E-state index >= 15 is 0 Å². The summed E-state index contributed by atoms with van der Waals surface area (Å²) in [5, 5.41) is 8.35. The van der Waals surface area contributed by atoms with Crippen LogP contribution in [-0.4, -0.2) is 26.3 Å².